The van der Waals surface area contributed by atoms with Gasteiger partial charge in [-0.15, -0.1) is 0 Å². The summed E-state index contributed by atoms with van der Waals surface area (Å²) in [6.07, 6.45) is 0. The van der Waals surface area contributed by atoms with Crippen molar-refractivity contribution >= 4 is 23.3 Å². The summed E-state index contributed by atoms with van der Waals surface area (Å²) in [5.74, 6) is -2.11. The predicted octanol–water partition coefficient (Wildman–Crippen LogP) is 2.50. The highest BCUT2D eigenvalue weighted by atomic mass is 19.1. The van der Waals surface area contributed by atoms with Crippen LogP contribution in [0.2, 0.25) is 0 Å². The average molecular weight is 354 g/mol. The predicted molar refractivity (Wildman–Crippen MR) is 95.6 cm³/mol. The Labute approximate surface area is 151 Å². The van der Waals surface area contributed by atoms with Gasteiger partial charge in [-0.3, -0.25) is 14.4 Å². The summed E-state index contributed by atoms with van der Waals surface area (Å²) in [6.45, 7) is 4.32. The van der Waals surface area contributed by atoms with Crippen LogP contribution in [0.1, 0.15) is 21.5 Å². The first kappa shape index (κ1) is 17.8. The quantitative estimate of drug-likeness (QED) is 0.626. The fraction of sp³-hybridized carbons (Fsp3) is 0.250. The highest BCUT2D eigenvalue weighted by Crippen LogP contribution is 2.21. The maximum Gasteiger partial charge on any atom is 0.316 e. The molecule has 0 aromatic heterocycles. The van der Waals surface area contributed by atoms with Crippen LogP contribution in [0.15, 0.2) is 42.5 Å². The Hall–Kier alpha value is -3.02. The third-order valence-corrected chi connectivity index (χ3v) is 4.61. The molecule has 26 heavy (non-hydrogen) atoms. The van der Waals surface area contributed by atoms with Crippen molar-refractivity contribution in [2.75, 3.05) is 24.5 Å². The first-order valence-corrected chi connectivity index (χ1v) is 8.33. The number of carbonyl (C=O) groups is 3. The molecule has 1 saturated heterocycles. The molecule has 0 unspecified atom stereocenters. The molecule has 2 aromatic carbocycles. The monoisotopic (exact) mass is 354 g/mol. The van der Waals surface area contributed by atoms with E-state index in [1.165, 1.54) is 34.1 Å². The SMILES string of the molecule is Cc1ccc(N2CCN(CC(=O)c3ccc(F)cc3)C(=O)C2=O)cc1C. The number of hydrogen-bond acceptors (Lipinski definition) is 3. The van der Waals surface area contributed by atoms with Crippen molar-refractivity contribution in [3.63, 3.8) is 0 Å². The molecule has 1 aliphatic rings. The lowest BCUT2D eigenvalue weighted by Gasteiger charge is -2.33. The van der Waals surface area contributed by atoms with E-state index in [1.54, 1.807) is 0 Å². The average Bonchev–Trinajstić information content (AvgIpc) is 2.62. The maximum absolute atomic E-state index is 13.0. The fourth-order valence-electron chi connectivity index (χ4n) is 2.87. The van der Waals surface area contributed by atoms with Crippen molar-refractivity contribution in [2.24, 2.45) is 0 Å². The summed E-state index contributed by atoms with van der Waals surface area (Å²) in [5, 5.41) is 0. The molecular weight excluding hydrogens is 335 g/mol. The second-order valence-corrected chi connectivity index (χ2v) is 6.38. The number of piperazine rings is 1. The fourth-order valence-corrected chi connectivity index (χ4v) is 2.87. The Morgan fingerprint density at radius 2 is 1.65 bits per heavy atom. The molecule has 0 atom stereocenters. The zero-order valence-corrected chi connectivity index (χ0v) is 14.7. The van der Waals surface area contributed by atoms with Crippen molar-refractivity contribution in [1.82, 2.24) is 4.90 Å². The van der Waals surface area contributed by atoms with Crippen LogP contribution in [0.3, 0.4) is 0 Å². The molecule has 2 aromatic rings. The minimum Gasteiger partial charge on any atom is -0.325 e. The number of halogens is 1. The molecule has 3 rings (SSSR count). The molecule has 0 aliphatic carbocycles. The van der Waals surface area contributed by atoms with Crippen molar-refractivity contribution in [3.8, 4) is 0 Å². The second-order valence-electron chi connectivity index (χ2n) is 6.38. The van der Waals surface area contributed by atoms with E-state index < -0.39 is 17.6 Å². The van der Waals surface area contributed by atoms with Gasteiger partial charge in [0.15, 0.2) is 5.78 Å². The van der Waals surface area contributed by atoms with E-state index in [0.29, 0.717) is 17.8 Å². The van der Waals surface area contributed by atoms with Crippen LogP contribution < -0.4 is 4.90 Å². The highest BCUT2D eigenvalue weighted by molar-refractivity contribution is 6.41. The van der Waals surface area contributed by atoms with E-state index in [9.17, 15) is 18.8 Å². The van der Waals surface area contributed by atoms with Crippen molar-refractivity contribution in [2.45, 2.75) is 13.8 Å². The third-order valence-electron chi connectivity index (χ3n) is 4.61. The van der Waals surface area contributed by atoms with E-state index >= 15 is 0 Å². The van der Waals surface area contributed by atoms with Gasteiger partial charge < -0.3 is 9.80 Å². The molecule has 6 heteroatoms. The molecule has 5 nitrogen and oxygen atoms in total. The molecule has 1 fully saturated rings. The lowest BCUT2D eigenvalue weighted by atomic mass is 10.1. The van der Waals surface area contributed by atoms with E-state index in [4.69, 9.17) is 0 Å². The van der Waals surface area contributed by atoms with Crippen LogP contribution in [-0.4, -0.2) is 42.1 Å². The molecule has 134 valence electrons. The van der Waals surface area contributed by atoms with Gasteiger partial charge in [0.05, 0.1) is 6.54 Å². The smallest absolute Gasteiger partial charge is 0.316 e. The summed E-state index contributed by atoms with van der Waals surface area (Å²) in [5.41, 5.74) is 3.13. The van der Waals surface area contributed by atoms with E-state index in [-0.39, 0.29) is 18.9 Å². The van der Waals surface area contributed by atoms with Crippen molar-refractivity contribution in [1.29, 1.82) is 0 Å². The zero-order chi connectivity index (χ0) is 18.8. The van der Waals surface area contributed by atoms with Gasteiger partial charge >= 0.3 is 11.8 Å². The number of anilines is 1. The largest absolute Gasteiger partial charge is 0.325 e. The lowest BCUT2D eigenvalue weighted by Crippen LogP contribution is -2.55. The first-order chi connectivity index (χ1) is 12.4. The van der Waals surface area contributed by atoms with Crippen LogP contribution >= 0.6 is 0 Å². The number of Topliss-reactive ketones (excluding diaryl/α,β-unsaturated/α-hetero) is 1. The maximum atomic E-state index is 13.0. The molecule has 0 N–H and O–H groups in total. The number of amides is 2. The zero-order valence-electron chi connectivity index (χ0n) is 14.7. The Bertz CT molecular complexity index is 877. The van der Waals surface area contributed by atoms with Gasteiger partial charge in [0.1, 0.15) is 5.82 Å². The molecule has 0 saturated carbocycles. The molecular formula is C20H19FN2O3. The van der Waals surface area contributed by atoms with Gasteiger partial charge in [0.2, 0.25) is 0 Å². The summed E-state index contributed by atoms with van der Waals surface area (Å²) in [6, 6.07) is 10.7. The van der Waals surface area contributed by atoms with Gasteiger partial charge in [-0.2, -0.15) is 0 Å². The number of benzene rings is 2. The van der Waals surface area contributed by atoms with Gasteiger partial charge in [-0.05, 0) is 61.4 Å². The standard InChI is InChI=1S/C20H19FN2O3/c1-13-3-8-17(11-14(13)2)23-10-9-22(19(25)20(23)26)12-18(24)15-4-6-16(21)7-5-15/h3-8,11H,9-10,12H2,1-2H3. The number of rotatable bonds is 4. The summed E-state index contributed by atoms with van der Waals surface area (Å²) in [4.78, 5) is 39.8. The number of nitrogens with zero attached hydrogens (tertiary/aromatic N) is 2. The summed E-state index contributed by atoms with van der Waals surface area (Å²) in [7, 11) is 0. The van der Waals surface area contributed by atoms with Crippen LogP contribution in [-0.2, 0) is 9.59 Å². The number of carbonyl (C=O) groups excluding carboxylic acids is 3. The molecule has 1 heterocycles. The minimum atomic E-state index is -0.704. The Kier molecular flexibility index (Phi) is 4.84. The van der Waals surface area contributed by atoms with E-state index in [2.05, 4.69) is 0 Å². The minimum absolute atomic E-state index is 0.197. The topological polar surface area (TPSA) is 57.7 Å². The van der Waals surface area contributed by atoms with E-state index in [1.807, 2.05) is 32.0 Å². The van der Waals surface area contributed by atoms with Crippen molar-refractivity contribution < 1.29 is 18.8 Å². The lowest BCUT2D eigenvalue weighted by molar-refractivity contribution is -0.145. The molecule has 1 aliphatic heterocycles. The molecule has 0 spiro atoms. The Morgan fingerprint density at radius 1 is 0.962 bits per heavy atom. The van der Waals surface area contributed by atoms with Crippen molar-refractivity contribution in [3.05, 3.63) is 65.0 Å². The van der Waals surface area contributed by atoms with Crippen LogP contribution in [0, 0.1) is 19.7 Å². The molecule has 0 radical (unpaired) electrons. The van der Waals surface area contributed by atoms with Crippen LogP contribution in [0.5, 0.6) is 0 Å². The summed E-state index contributed by atoms with van der Waals surface area (Å²) < 4.78 is 13.0. The van der Waals surface area contributed by atoms with Crippen LogP contribution in [0.25, 0.3) is 0 Å². The molecule has 0 bridgehead atoms. The first-order valence-electron chi connectivity index (χ1n) is 8.33. The number of aryl methyl sites for hydroxylation is 2. The van der Waals surface area contributed by atoms with Gasteiger partial charge in [0.25, 0.3) is 0 Å². The number of ketones is 1. The van der Waals surface area contributed by atoms with E-state index in [0.717, 1.165) is 11.1 Å². The highest BCUT2D eigenvalue weighted by Gasteiger charge is 2.34. The second kappa shape index (κ2) is 7.07. The Morgan fingerprint density at radius 3 is 2.31 bits per heavy atom. The summed E-state index contributed by atoms with van der Waals surface area (Å²) >= 11 is 0. The normalized spacial score (nSPS) is 14.7. The third kappa shape index (κ3) is 3.49. The molecule has 2 amide bonds. The van der Waals surface area contributed by atoms with Gasteiger partial charge in [0, 0.05) is 24.3 Å². The Balaban J connectivity index is 1.71. The van der Waals surface area contributed by atoms with Gasteiger partial charge in [-0.25, -0.2) is 4.39 Å². The number of hydrogen-bond donors (Lipinski definition) is 0. The van der Waals surface area contributed by atoms with Crippen LogP contribution in [0.4, 0.5) is 10.1 Å². The van der Waals surface area contributed by atoms with Gasteiger partial charge in [-0.1, -0.05) is 6.07 Å².